The number of nitrogens with two attached hydrogens (primary N) is 1. The second kappa shape index (κ2) is 10.8. The quantitative estimate of drug-likeness (QED) is 0.449. The third-order valence-corrected chi connectivity index (χ3v) is 3.20. The van der Waals surface area contributed by atoms with Crippen LogP contribution in [0.25, 0.3) is 0 Å². The average Bonchev–Trinajstić information content (AvgIpc) is 2.58. The summed E-state index contributed by atoms with van der Waals surface area (Å²) in [7, 11) is 0. The summed E-state index contributed by atoms with van der Waals surface area (Å²) in [6.07, 6.45) is -0.469. The molecule has 8 nitrogen and oxygen atoms in total. The van der Waals surface area contributed by atoms with Gasteiger partial charge in [0.05, 0.1) is 12.5 Å². The van der Waals surface area contributed by atoms with E-state index in [0.29, 0.717) is 0 Å². The maximum absolute atomic E-state index is 11.7. The van der Waals surface area contributed by atoms with Crippen molar-refractivity contribution in [2.24, 2.45) is 5.73 Å². The van der Waals surface area contributed by atoms with Crippen LogP contribution in [0.4, 0.5) is 4.79 Å². The highest BCUT2D eigenvalue weighted by Gasteiger charge is 2.19. The van der Waals surface area contributed by atoms with Gasteiger partial charge in [-0.15, -0.1) is 6.58 Å². The minimum Gasteiger partial charge on any atom is -0.445 e. The van der Waals surface area contributed by atoms with E-state index in [4.69, 9.17) is 10.5 Å². The summed E-state index contributed by atoms with van der Waals surface area (Å²) < 4.78 is 4.98. The van der Waals surface area contributed by atoms with E-state index in [2.05, 4.69) is 17.2 Å². The SMILES string of the molecule is C=CC[C@H](NC(=O)C[C@H](O)CNC(=O)OCc1ccccc1)C(N)=O. The lowest BCUT2D eigenvalue weighted by Gasteiger charge is -2.16. The van der Waals surface area contributed by atoms with Crippen molar-refractivity contribution in [1.29, 1.82) is 0 Å². The maximum atomic E-state index is 11.7. The molecule has 0 saturated heterocycles. The van der Waals surface area contributed by atoms with Crippen LogP contribution in [0, 0.1) is 0 Å². The fourth-order valence-electron chi connectivity index (χ4n) is 1.93. The number of ether oxygens (including phenoxy) is 1. The molecule has 1 aromatic carbocycles. The highest BCUT2D eigenvalue weighted by atomic mass is 16.5. The van der Waals surface area contributed by atoms with Gasteiger partial charge in [0.2, 0.25) is 11.8 Å². The molecule has 0 aromatic heterocycles. The Bertz CT molecular complexity index is 591. The van der Waals surface area contributed by atoms with Crippen molar-refractivity contribution in [2.75, 3.05) is 6.54 Å². The second-order valence-corrected chi connectivity index (χ2v) is 5.35. The van der Waals surface area contributed by atoms with Gasteiger partial charge in [-0.3, -0.25) is 9.59 Å². The molecule has 0 aliphatic rings. The van der Waals surface area contributed by atoms with Crippen LogP contribution in [0.5, 0.6) is 0 Å². The van der Waals surface area contributed by atoms with Crippen LogP contribution in [0.2, 0.25) is 0 Å². The molecule has 3 amide bonds. The number of nitrogens with one attached hydrogen (secondary N) is 2. The molecular formula is C17H23N3O5. The number of aliphatic hydroxyl groups is 1. The number of aliphatic hydroxyl groups excluding tert-OH is 1. The Morgan fingerprint density at radius 1 is 1.28 bits per heavy atom. The van der Waals surface area contributed by atoms with Crippen molar-refractivity contribution >= 4 is 17.9 Å². The fraction of sp³-hybridized carbons (Fsp3) is 0.353. The molecule has 8 heteroatoms. The molecule has 136 valence electrons. The molecule has 0 radical (unpaired) electrons. The Morgan fingerprint density at radius 2 is 1.96 bits per heavy atom. The molecule has 0 fully saturated rings. The molecular weight excluding hydrogens is 326 g/mol. The van der Waals surface area contributed by atoms with Gasteiger partial charge in [0.15, 0.2) is 0 Å². The number of carbonyl (C=O) groups excluding carboxylic acids is 3. The zero-order valence-corrected chi connectivity index (χ0v) is 13.8. The summed E-state index contributed by atoms with van der Waals surface area (Å²) in [5.74, 6) is -1.25. The zero-order valence-electron chi connectivity index (χ0n) is 13.8. The number of rotatable bonds is 10. The monoisotopic (exact) mass is 349 g/mol. The molecule has 0 spiro atoms. The van der Waals surface area contributed by atoms with E-state index in [9.17, 15) is 19.5 Å². The van der Waals surface area contributed by atoms with Crippen LogP contribution in [0.3, 0.4) is 0 Å². The van der Waals surface area contributed by atoms with Crippen LogP contribution in [0.15, 0.2) is 43.0 Å². The van der Waals surface area contributed by atoms with Crippen molar-refractivity contribution in [3.05, 3.63) is 48.6 Å². The van der Waals surface area contributed by atoms with E-state index in [1.54, 1.807) is 0 Å². The number of carbonyl (C=O) groups is 3. The minimum atomic E-state index is -1.12. The molecule has 0 aliphatic heterocycles. The average molecular weight is 349 g/mol. The Hall–Kier alpha value is -2.87. The minimum absolute atomic E-state index is 0.102. The molecule has 0 unspecified atom stereocenters. The summed E-state index contributed by atoms with van der Waals surface area (Å²) in [5, 5.41) is 14.5. The van der Waals surface area contributed by atoms with Crippen molar-refractivity contribution in [1.82, 2.24) is 10.6 Å². The van der Waals surface area contributed by atoms with Gasteiger partial charge in [-0.2, -0.15) is 0 Å². The van der Waals surface area contributed by atoms with Gasteiger partial charge in [-0.25, -0.2) is 4.79 Å². The predicted octanol–water partition coefficient (Wildman–Crippen LogP) is 0.210. The third kappa shape index (κ3) is 8.52. The molecule has 0 heterocycles. The topological polar surface area (TPSA) is 131 Å². The smallest absolute Gasteiger partial charge is 0.407 e. The van der Waals surface area contributed by atoms with E-state index in [-0.39, 0.29) is 26.0 Å². The first-order valence-electron chi connectivity index (χ1n) is 7.74. The van der Waals surface area contributed by atoms with Crippen molar-refractivity contribution < 1.29 is 24.2 Å². The van der Waals surface area contributed by atoms with Crippen molar-refractivity contribution in [2.45, 2.75) is 31.6 Å². The normalized spacial score (nSPS) is 12.5. The lowest BCUT2D eigenvalue weighted by atomic mass is 10.1. The Labute approximate surface area is 146 Å². The van der Waals surface area contributed by atoms with Crippen molar-refractivity contribution in [3.63, 3.8) is 0 Å². The molecule has 25 heavy (non-hydrogen) atoms. The Kier molecular flexibility index (Phi) is 8.73. The van der Waals surface area contributed by atoms with E-state index in [1.807, 2.05) is 30.3 Å². The van der Waals surface area contributed by atoms with E-state index >= 15 is 0 Å². The first kappa shape index (κ1) is 20.2. The van der Waals surface area contributed by atoms with Crippen LogP contribution < -0.4 is 16.4 Å². The standard InChI is InChI=1S/C17H23N3O5/c1-2-6-14(16(18)23)20-15(22)9-13(21)10-19-17(24)25-11-12-7-4-3-5-8-12/h2-5,7-8,13-14,21H,1,6,9-11H2,(H2,18,23)(H,19,24)(H,20,22)/t13-,14-/m0/s1. The largest absolute Gasteiger partial charge is 0.445 e. The highest BCUT2D eigenvalue weighted by Crippen LogP contribution is 2.01. The number of alkyl carbamates (subject to hydrolysis) is 1. The molecule has 2 atom stereocenters. The first-order valence-corrected chi connectivity index (χ1v) is 7.74. The van der Waals surface area contributed by atoms with Gasteiger partial charge in [0.25, 0.3) is 0 Å². The van der Waals surface area contributed by atoms with Crippen LogP contribution >= 0.6 is 0 Å². The predicted molar refractivity (Wildman–Crippen MR) is 91.2 cm³/mol. The number of hydrogen-bond donors (Lipinski definition) is 4. The molecule has 1 aromatic rings. The summed E-state index contributed by atoms with van der Waals surface area (Å²) in [6, 6.07) is 8.24. The first-order chi connectivity index (χ1) is 11.9. The van der Waals surface area contributed by atoms with Crippen LogP contribution in [-0.4, -0.2) is 41.7 Å². The second-order valence-electron chi connectivity index (χ2n) is 5.35. The van der Waals surface area contributed by atoms with Crippen LogP contribution in [-0.2, 0) is 20.9 Å². The molecule has 0 bridgehead atoms. The lowest BCUT2D eigenvalue weighted by molar-refractivity contribution is -0.128. The van der Waals surface area contributed by atoms with E-state index < -0.39 is 30.1 Å². The molecule has 0 saturated carbocycles. The maximum Gasteiger partial charge on any atom is 0.407 e. The summed E-state index contributed by atoms with van der Waals surface area (Å²) in [4.78, 5) is 34.4. The van der Waals surface area contributed by atoms with Gasteiger partial charge >= 0.3 is 6.09 Å². The van der Waals surface area contributed by atoms with E-state index in [1.165, 1.54) is 6.08 Å². The number of primary amides is 1. The fourth-order valence-corrected chi connectivity index (χ4v) is 1.93. The number of benzene rings is 1. The molecule has 1 rings (SSSR count). The third-order valence-electron chi connectivity index (χ3n) is 3.20. The van der Waals surface area contributed by atoms with Gasteiger partial charge in [-0.1, -0.05) is 36.4 Å². The van der Waals surface area contributed by atoms with Crippen LogP contribution in [0.1, 0.15) is 18.4 Å². The summed E-state index contributed by atoms with van der Waals surface area (Å²) in [6.45, 7) is 3.41. The van der Waals surface area contributed by atoms with E-state index in [0.717, 1.165) is 5.56 Å². The van der Waals surface area contributed by atoms with Gasteiger partial charge < -0.3 is 26.2 Å². The number of hydrogen-bond acceptors (Lipinski definition) is 5. The zero-order chi connectivity index (χ0) is 18.7. The number of amides is 3. The van der Waals surface area contributed by atoms with Crippen molar-refractivity contribution in [3.8, 4) is 0 Å². The Balaban J connectivity index is 2.27. The highest BCUT2D eigenvalue weighted by molar-refractivity contribution is 5.86. The lowest BCUT2D eigenvalue weighted by Crippen LogP contribution is -2.45. The summed E-state index contributed by atoms with van der Waals surface area (Å²) >= 11 is 0. The van der Waals surface area contributed by atoms with Gasteiger partial charge in [-0.05, 0) is 12.0 Å². The van der Waals surface area contributed by atoms with Gasteiger partial charge in [0.1, 0.15) is 12.6 Å². The molecule has 5 N–H and O–H groups in total. The van der Waals surface area contributed by atoms with Gasteiger partial charge in [0, 0.05) is 6.54 Å². The summed E-state index contributed by atoms with van der Waals surface area (Å²) in [5.41, 5.74) is 5.97. The Morgan fingerprint density at radius 3 is 2.56 bits per heavy atom. The molecule has 0 aliphatic carbocycles.